The zero-order valence-electron chi connectivity index (χ0n) is 9.80. The third-order valence-corrected chi connectivity index (χ3v) is 3.23. The van der Waals surface area contributed by atoms with Crippen LogP contribution in [0.3, 0.4) is 0 Å². The van der Waals surface area contributed by atoms with E-state index >= 15 is 0 Å². The van der Waals surface area contributed by atoms with Gasteiger partial charge in [0.25, 0.3) is 0 Å². The van der Waals surface area contributed by atoms with Crippen LogP contribution in [0.2, 0.25) is 0 Å². The Balaban J connectivity index is 2.01. The summed E-state index contributed by atoms with van der Waals surface area (Å²) >= 11 is 0. The summed E-state index contributed by atoms with van der Waals surface area (Å²) in [7, 11) is 0. The maximum absolute atomic E-state index is 9.93. The van der Waals surface area contributed by atoms with Crippen LogP contribution < -0.4 is 5.32 Å². The Morgan fingerprint density at radius 2 is 2.13 bits per heavy atom. The molecule has 0 aromatic carbocycles. The molecule has 0 spiro atoms. The van der Waals surface area contributed by atoms with Gasteiger partial charge in [-0.15, -0.1) is 0 Å². The fourth-order valence-electron chi connectivity index (χ4n) is 2.35. The maximum Gasteiger partial charge on any atom is 0.309 e. The summed E-state index contributed by atoms with van der Waals surface area (Å²) in [4.78, 5) is 12.5. The van der Waals surface area contributed by atoms with E-state index in [1.165, 1.54) is 45.3 Å². The van der Waals surface area contributed by atoms with Crippen LogP contribution in [0.5, 0.6) is 0 Å². The molecule has 0 aliphatic carbocycles. The smallest absolute Gasteiger partial charge is 0.309 e. The van der Waals surface area contributed by atoms with Gasteiger partial charge in [0.2, 0.25) is 0 Å². The van der Waals surface area contributed by atoms with E-state index < -0.39 is 0 Å². The highest BCUT2D eigenvalue weighted by Crippen LogP contribution is 2.21. The van der Waals surface area contributed by atoms with Gasteiger partial charge in [-0.1, -0.05) is 6.92 Å². The third kappa shape index (κ3) is 5.17. The van der Waals surface area contributed by atoms with Gasteiger partial charge in [-0.25, -0.2) is 0 Å². The summed E-state index contributed by atoms with van der Waals surface area (Å²) in [5.41, 5.74) is 0. The Morgan fingerprint density at radius 1 is 1.40 bits per heavy atom. The van der Waals surface area contributed by atoms with Gasteiger partial charge in [0.05, 0.1) is 0 Å². The summed E-state index contributed by atoms with van der Waals surface area (Å²) in [6, 6.07) is 0. The normalized spacial score (nSPS) is 19.0. The van der Waals surface area contributed by atoms with E-state index in [4.69, 9.17) is 0 Å². The molecule has 1 heterocycles. The van der Waals surface area contributed by atoms with Crippen LogP contribution in [0, 0.1) is 5.92 Å². The predicted molar refractivity (Wildman–Crippen MR) is 62.4 cm³/mol. The molecule has 87 valence electrons. The molecule has 0 aromatic heterocycles. The first-order chi connectivity index (χ1) is 7.36. The van der Waals surface area contributed by atoms with Crippen molar-refractivity contribution in [3.05, 3.63) is 0 Å². The van der Waals surface area contributed by atoms with Crippen LogP contribution in [0.25, 0.3) is 0 Å². The van der Waals surface area contributed by atoms with Crippen LogP contribution in [0.1, 0.15) is 39.0 Å². The summed E-state index contributed by atoms with van der Waals surface area (Å²) < 4.78 is 0. The van der Waals surface area contributed by atoms with Crippen molar-refractivity contribution in [1.29, 1.82) is 0 Å². The topological polar surface area (TPSA) is 32.3 Å². The zero-order chi connectivity index (χ0) is 10.9. The van der Waals surface area contributed by atoms with Crippen molar-refractivity contribution in [3.8, 4) is 0 Å². The van der Waals surface area contributed by atoms with Gasteiger partial charge < -0.3 is 10.2 Å². The fourth-order valence-corrected chi connectivity index (χ4v) is 2.35. The van der Waals surface area contributed by atoms with Crippen molar-refractivity contribution in [2.75, 3.05) is 26.2 Å². The van der Waals surface area contributed by atoms with Gasteiger partial charge in [0.15, 0.2) is 0 Å². The lowest BCUT2D eigenvalue weighted by Gasteiger charge is -2.31. The number of nitrogens with zero attached hydrogens (tertiary/aromatic N) is 1. The molecule has 1 aliphatic heterocycles. The highest BCUT2D eigenvalue weighted by Gasteiger charge is 2.17. The highest BCUT2D eigenvalue weighted by molar-refractivity contribution is 5.46. The molecular formula is C12H23N2O. The Hall–Kier alpha value is -0.570. The van der Waals surface area contributed by atoms with Gasteiger partial charge in [0, 0.05) is 6.54 Å². The molecule has 1 aliphatic rings. The first kappa shape index (κ1) is 12.5. The van der Waals surface area contributed by atoms with Gasteiger partial charge in [-0.3, -0.25) is 4.79 Å². The number of piperidine rings is 1. The standard InChI is InChI=1S/C12H23N2O/c1-2-8-14-9-5-12(6-10-14)4-3-7-13-11-15/h12H,2-10H2,1H3,(H,13,15). The maximum atomic E-state index is 9.93. The lowest BCUT2D eigenvalue weighted by molar-refractivity contribution is 0.178. The second-order valence-corrected chi connectivity index (χ2v) is 4.46. The second kappa shape index (κ2) is 7.69. The molecular weight excluding hydrogens is 188 g/mol. The number of rotatable bonds is 7. The van der Waals surface area contributed by atoms with Gasteiger partial charge in [0.1, 0.15) is 0 Å². The van der Waals surface area contributed by atoms with Gasteiger partial charge in [-0.05, 0) is 57.7 Å². The Morgan fingerprint density at radius 3 is 2.73 bits per heavy atom. The van der Waals surface area contributed by atoms with E-state index in [-0.39, 0.29) is 0 Å². The zero-order valence-corrected chi connectivity index (χ0v) is 9.80. The molecule has 1 rings (SSSR count). The second-order valence-electron chi connectivity index (χ2n) is 4.46. The van der Waals surface area contributed by atoms with Crippen LogP contribution in [0.4, 0.5) is 0 Å². The molecule has 0 unspecified atom stereocenters. The Bertz CT molecular complexity index is 165. The van der Waals surface area contributed by atoms with Crippen molar-refractivity contribution in [3.63, 3.8) is 0 Å². The molecule has 0 aromatic rings. The van der Waals surface area contributed by atoms with E-state index in [0.29, 0.717) is 0 Å². The molecule has 1 amide bonds. The van der Waals surface area contributed by atoms with Gasteiger partial charge in [-0.2, -0.15) is 0 Å². The summed E-state index contributed by atoms with van der Waals surface area (Å²) in [5.74, 6) is 0.881. The van der Waals surface area contributed by atoms with Crippen molar-refractivity contribution in [2.45, 2.75) is 39.0 Å². The molecule has 3 heteroatoms. The van der Waals surface area contributed by atoms with E-state index in [2.05, 4.69) is 17.1 Å². The SMILES string of the molecule is CCCN1CCC(CCCN[C]=O)CC1. The molecule has 1 radical (unpaired) electrons. The monoisotopic (exact) mass is 211 g/mol. The first-order valence-corrected chi connectivity index (χ1v) is 6.19. The number of hydrogen-bond donors (Lipinski definition) is 1. The summed E-state index contributed by atoms with van der Waals surface area (Å²) in [6.45, 7) is 6.83. The molecule has 0 atom stereocenters. The number of nitrogens with one attached hydrogen (secondary N) is 1. The average Bonchev–Trinajstić information content (AvgIpc) is 2.27. The van der Waals surface area contributed by atoms with Crippen LogP contribution in [0.15, 0.2) is 0 Å². The molecule has 0 bridgehead atoms. The highest BCUT2D eigenvalue weighted by atomic mass is 16.1. The van der Waals surface area contributed by atoms with Crippen LogP contribution >= 0.6 is 0 Å². The summed E-state index contributed by atoms with van der Waals surface area (Å²) in [5, 5.41) is 2.60. The van der Waals surface area contributed by atoms with Crippen molar-refractivity contribution in [2.24, 2.45) is 5.92 Å². The van der Waals surface area contributed by atoms with E-state index in [1.54, 1.807) is 6.41 Å². The minimum Gasteiger partial charge on any atom is -0.348 e. The van der Waals surface area contributed by atoms with Crippen LogP contribution in [-0.4, -0.2) is 37.5 Å². The van der Waals surface area contributed by atoms with Crippen LogP contribution in [-0.2, 0) is 4.79 Å². The minimum absolute atomic E-state index is 0.790. The van der Waals surface area contributed by atoms with E-state index in [1.807, 2.05) is 0 Å². The van der Waals surface area contributed by atoms with E-state index in [0.717, 1.165) is 18.9 Å². The van der Waals surface area contributed by atoms with E-state index in [9.17, 15) is 4.79 Å². The molecule has 1 fully saturated rings. The molecule has 3 nitrogen and oxygen atoms in total. The third-order valence-electron chi connectivity index (χ3n) is 3.23. The Kier molecular flexibility index (Phi) is 6.41. The van der Waals surface area contributed by atoms with Crippen molar-refractivity contribution in [1.82, 2.24) is 10.2 Å². The lowest BCUT2D eigenvalue weighted by atomic mass is 9.92. The lowest BCUT2D eigenvalue weighted by Crippen LogP contribution is -2.34. The largest absolute Gasteiger partial charge is 0.348 e. The number of likely N-dealkylation sites (tertiary alicyclic amines) is 1. The van der Waals surface area contributed by atoms with Gasteiger partial charge >= 0.3 is 6.41 Å². The molecule has 1 saturated heterocycles. The number of hydrogen-bond acceptors (Lipinski definition) is 2. The number of carbonyl (C=O) groups excluding carboxylic acids is 1. The predicted octanol–water partition coefficient (Wildman–Crippen LogP) is 1.55. The summed E-state index contributed by atoms with van der Waals surface area (Å²) in [6.07, 6.45) is 8.03. The van der Waals surface area contributed by atoms with Crippen molar-refractivity contribution >= 4 is 6.41 Å². The van der Waals surface area contributed by atoms with Crippen molar-refractivity contribution < 1.29 is 4.79 Å². The molecule has 1 N–H and O–H groups in total. The quantitative estimate of drug-likeness (QED) is 0.512. The fraction of sp³-hybridized carbons (Fsp3) is 0.917. The first-order valence-electron chi connectivity index (χ1n) is 6.19. The molecule has 15 heavy (non-hydrogen) atoms. The number of amides is 1. The Labute approximate surface area is 93.2 Å². The molecule has 0 saturated carbocycles. The average molecular weight is 211 g/mol. The minimum atomic E-state index is 0.790.